The summed E-state index contributed by atoms with van der Waals surface area (Å²) in [5, 5.41) is 0. The first kappa shape index (κ1) is 33.2. The van der Waals surface area contributed by atoms with Gasteiger partial charge in [0.1, 0.15) is 13.6 Å². The summed E-state index contributed by atoms with van der Waals surface area (Å²) in [7, 11) is 1.69. The van der Waals surface area contributed by atoms with Crippen LogP contribution in [0.1, 0.15) is 110 Å². The van der Waals surface area contributed by atoms with Crippen LogP contribution in [0.25, 0.3) is 0 Å². The number of hydrogen-bond donors (Lipinski definition) is 0. The zero-order valence-corrected chi connectivity index (χ0v) is 20.3. The highest BCUT2D eigenvalue weighted by Crippen LogP contribution is 2.13. The molecule has 0 aliphatic rings. The molecule has 0 aliphatic carbocycles. The summed E-state index contributed by atoms with van der Waals surface area (Å²) in [6, 6.07) is 0. The second-order valence-corrected chi connectivity index (χ2v) is 7.39. The number of hydrogen-bond acceptors (Lipinski definition) is 4. The molecule has 0 fully saturated rings. The average molecular weight is 427 g/mol. The molecule has 0 unspecified atom stereocenters. The normalized spacial score (nSPS) is 9.43. The van der Waals surface area contributed by atoms with E-state index in [9.17, 15) is 0 Å². The van der Waals surface area contributed by atoms with E-state index in [-0.39, 0.29) is 0 Å². The SMILES string of the molecule is C=O.C=O.CCCCCCCCCCCCCCCCC.COCCn1ccnc1. The lowest BCUT2D eigenvalue weighted by Gasteiger charge is -2.02. The van der Waals surface area contributed by atoms with Crippen molar-refractivity contribution in [2.75, 3.05) is 13.7 Å². The van der Waals surface area contributed by atoms with Gasteiger partial charge in [0, 0.05) is 26.0 Å². The second-order valence-electron chi connectivity index (χ2n) is 7.39. The molecular weight excluding hydrogens is 376 g/mol. The first-order chi connectivity index (χ1) is 14.8. The Morgan fingerprint density at radius 3 is 1.33 bits per heavy atom. The van der Waals surface area contributed by atoms with E-state index in [2.05, 4.69) is 18.8 Å². The number of nitrogens with zero attached hydrogens (tertiary/aromatic N) is 2. The average Bonchev–Trinajstić information content (AvgIpc) is 3.32. The molecule has 0 saturated carbocycles. The number of carbonyl (C=O) groups is 2. The molecule has 1 heterocycles. The van der Waals surface area contributed by atoms with Gasteiger partial charge in [-0.1, -0.05) is 110 Å². The predicted octanol–water partition coefficient (Wildman–Crippen LogP) is 7.04. The summed E-state index contributed by atoms with van der Waals surface area (Å²) < 4.78 is 6.84. The Morgan fingerprint density at radius 1 is 0.700 bits per heavy atom. The number of imidazole rings is 1. The monoisotopic (exact) mass is 426 g/mol. The minimum atomic E-state index is 0.746. The van der Waals surface area contributed by atoms with Gasteiger partial charge in [-0.2, -0.15) is 0 Å². The lowest BCUT2D eigenvalue weighted by molar-refractivity contribution is -0.0987. The van der Waals surface area contributed by atoms with Gasteiger partial charge in [0.15, 0.2) is 0 Å². The molecule has 0 radical (unpaired) electrons. The van der Waals surface area contributed by atoms with Crippen LogP contribution in [0.5, 0.6) is 0 Å². The van der Waals surface area contributed by atoms with E-state index in [0.717, 1.165) is 13.2 Å². The smallest absolute Gasteiger partial charge is 0.106 e. The highest BCUT2D eigenvalue weighted by molar-refractivity contribution is 5.11. The van der Waals surface area contributed by atoms with Gasteiger partial charge in [0.05, 0.1) is 12.9 Å². The van der Waals surface area contributed by atoms with Crippen molar-refractivity contribution in [2.45, 2.75) is 117 Å². The van der Waals surface area contributed by atoms with Crippen molar-refractivity contribution in [2.24, 2.45) is 0 Å². The zero-order chi connectivity index (χ0) is 23.1. The lowest BCUT2D eigenvalue weighted by atomic mass is 10.0. The molecule has 0 N–H and O–H groups in total. The van der Waals surface area contributed by atoms with E-state index < -0.39 is 0 Å². The van der Waals surface area contributed by atoms with E-state index in [1.807, 2.05) is 24.3 Å². The van der Waals surface area contributed by atoms with Crippen molar-refractivity contribution in [3.63, 3.8) is 0 Å². The third-order valence-electron chi connectivity index (χ3n) is 4.82. The molecule has 1 aromatic rings. The highest BCUT2D eigenvalue weighted by atomic mass is 16.5. The first-order valence-electron chi connectivity index (χ1n) is 11.9. The van der Waals surface area contributed by atoms with Crippen LogP contribution in [0.3, 0.4) is 0 Å². The van der Waals surface area contributed by atoms with Gasteiger partial charge in [-0.3, -0.25) is 0 Å². The van der Waals surface area contributed by atoms with Crippen molar-refractivity contribution < 1.29 is 14.3 Å². The van der Waals surface area contributed by atoms with E-state index in [4.69, 9.17) is 14.3 Å². The van der Waals surface area contributed by atoms with Gasteiger partial charge in [-0.15, -0.1) is 0 Å². The number of unbranched alkanes of at least 4 members (excludes halogenated alkanes) is 14. The molecule has 5 nitrogen and oxygen atoms in total. The van der Waals surface area contributed by atoms with Crippen LogP contribution in [0, 0.1) is 0 Å². The predicted molar refractivity (Wildman–Crippen MR) is 129 cm³/mol. The number of aromatic nitrogens is 2. The van der Waals surface area contributed by atoms with E-state index >= 15 is 0 Å². The fraction of sp³-hybridized carbons (Fsp3) is 0.800. The van der Waals surface area contributed by atoms with Gasteiger partial charge < -0.3 is 18.9 Å². The molecule has 0 spiro atoms. The summed E-state index contributed by atoms with van der Waals surface area (Å²) in [5.74, 6) is 0. The summed E-state index contributed by atoms with van der Waals surface area (Å²) in [6.45, 7) is 10.2. The minimum absolute atomic E-state index is 0.746. The summed E-state index contributed by atoms with van der Waals surface area (Å²) in [5.41, 5.74) is 0. The van der Waals surface area contributed by atoms with Crippen LogP contribution < -0.4 is 0 Å². The maximum atomic E-state index is 8.00. The molecule has 0 amide bonds. The minimum Gasteiger partial charge on any atom is -0.383 e. The van der Waals surface area contributed by atoms with Gasteiger partial charge in [-0.05, 0) is 0 Å². The Labute approximate surface area is 187 Å². The Bertz CT molecular complexity index is 356. The van der Waals surface area contributed by atoms with Gasteiger partial charge in [0.2, 0.25) is 0 Å². The van der Waals surface area contributed by atoms with Crippen LogP contribution in [0.15, 0.2) is 18.7 Å². The third kappa shape index (κ3) is 31.2. The summed E-state index contributed by atoms with van der Waals surface area (Å²) in [6.07, 6.45) is 27.4. The molecule has 0 aromatic carbocycles. The van der Waals surface area contributed by atoms with E-state index in [0.29, 0.717) is 0 Å². The molecule has 0 bridgehead atoms. The largest absolute Gasteiger partial charge is 0.383 e. The van der Waals surface area contributed by atoms with Crippen molar-refractivity contribution in [1.82, 2.24) is 9.55 Å². The van der Waals surface area contributed by atoms with Crippen molar-refractivity contribution >= 4 is 13.6 Å². The molecule has 1 rings (SSSR count). The summed E-state index contributed by atoms with van der Waals surface area (Å²) >= 11 is 0. The molecule has 1 aromatic heterocycles. The summed E-state index contributed by atoms with van der Waals surface area (Å²) in [4.78, 5) is 19.9. The second kappa shape index (κ2) is 35.0. The number of carbonyl (C=O) groups excluding carboxylic acids is 2. The molecular formula is C25H50N2O3. The van der Waals surface area contributed by atoms with E-state index in [1.54, 1.807) is 19.6 Å². The van der Waals surface area contributed by atoms with Crippen LogP contribution in [0.4, 0.5) is 0 Å². The van der Waals surface area contributed by atoms with Gasteiger partial charge >= 0.3 is 0 Å². The molecule has 30 heavy (non-hydrogen) atoms. The van der Waals surface area contributed by atoms with Crippen molar-refractivity contribution in [1.29, 1.82) is 0 Å². The number of ether oxygens (including phenoxy) is 1. The molecule has 0 saturated heterocycles. The van der Waals surface area contributed by atoms with Gasteiger partial charge in [0.25, 0.3) is 0 Å². The molecule has 0 aliphatic heterocycles. The maximum Gasteiger partial charge on any atom is 0.106 e. The zero-order valence-electron chi connectivity index (χ0n) is 20.3. The van der Waals surface area contributed by atoms with Crippen LogP contribution >= 0.6 is 0 Å². The van der Waals surface area contributed by atoms with Crippen molar-refractivity contribution in [3.8, 4) is 0 Å². The topological polar surface area (TPSA) is 61.2 Å². The van der Waals surface area contributed by atoms with Crippen molar-refractivity contribution in [3.05, 3.63) is 18.7 Å². The Balaban J connectivity index is -0.000000467. The number of rotatable bonds is 17. The van der Waals surface area contributed by atoms with E-state index in [1.165, 1.54) is 96.3 Å². The highest BCUT2D eigenvalue weighted by Gasteiger charge is 1.93. The number of methoxy groups -OCH3 is 1. The molecule has 178 valence electrons. The Morgan fingerprint density at radius 2 is 1.07 bits per heavy atom. The van der Waals surface area contributed by atoms with Crippen LogP contribution in [-0.2, 0) is 20.9 Å². The quantitative estimate of drug-likeness (QED) is 0.251. The third-order valence-corrected chi connectivity index (χ3v) is 4.82. The van der Waals surface area contributed by atoms with Gasteiger partial charge in [-0.25, -0.2) is 4.98 Å². The molecule has 0 atom stereocenters. The first-order valence-corrected chi connectivity index (χ1v) is 11.9. The molecule has 5 heteroatoms. The lowest BCUT2D eigenvalue weighted by Crippen LogP contribution is -2.00. The Hall–Kier alpha value is -1.49. The fourth-order valence-electron chi connectivity index (χ4n) is 3.06. The standard InChI is InChI=1S/C17H36.C6H10N2O.2CH2O/c1-3-5-7-9-11-13-15-17-16-14-12-10-8-6-4-2;1-9-5-4-8-3-2-7-6-8;2*1-2/h3-17H2,1-2H3;2-3,6H,4-5H2,1H3;2*1H2. The van der Waals surface area contributed by atoms with Crippen LogP contribution in [0.2, 0.25) is 0 Å². The van der Waals surface area contributed by atoms with Crippen LogP contribution in [-0.4, -0.2) is 36.8 Å². The maximum absolute atomic E-state index is 8.00. The fourth-order valence-corrected chi connectivity index (χ4v) is 3.06. The Kier molecular flexibility index (Phi) is 38.7.